The molecule has 2 saturated heterocycles. The third-order valence-corrected chi connectivity index (χ3v) is 7.08. The number of carbonyl (C=O) groups is 1. The summed E-state index contributed by atoms with van der Waals surface area (Å²) in [4.78, 5) is 15.3. The lowest BCUT2D eigenvalue weighted by Gasteiger charge is -2.48. The summed E-state index contributed by atoms with van der Waals surface area (Å²) in [6.45, 7) is 4.56. The van der Waals surface area contributed by atoms with E-state index < -0.39 is 0 Å². The number of thioether (sulfide) groups is 1. The first-order valence-corrected chi connectivity index (χ1v) is 10.8. The maximum absolute atomic E-state index is 12.6. The van der Waals surface area contributed by atoms with Crippen LogP contribution in [0, 0.1) is 5.92 Å². The van der Waals surface area contributed by atoms with Gasteiger partial charge in [-0.25, -0.2) is 0 Å². The third kappa shape index (κ3) is 6.14. The van der Waals surface area contributed by atoms with Crippen molar-refractivity contribution in [3.05, 3.63) is 0 Å². The number of ether oxygens (including phenoxy) is 1. The van der Waals surface area contributed by atoms with Crippen molar-refractivity contribution in [1.82, 2.24) is 10.2 Å². The van der Waals surface area contributed by atoms with E-state index in [2.05, 4.69) is 10.2 Å². The number of hydrogen-bond donors (Lipinski definition) is 2. The number of halogens is 2. The van der Waals surface area contributed by atoms with E-state index in [0.29, 0.717) is 0 Å². The van der Waals surface area contributed by atoms with Gasteiger partial charge >= 0.3 is 0 Å². The van der Waals surface area contributed by atoms with Crippen molar-refractivity contribution in [2.24, 2.45) is 11.7 Å². The Morgan fingerprint density at radius 1 is 1.15 bits per heavy atom. The van der Waals surface area contributed by atoms with Crippen LogP contribution in [0.25, 0.3) is 0 Å². The molecule has 154 valence electrons. The van der Waals surface area contributed by atoms with E-state index in [1.165, 1.54) is 43.6 Å². The average Bonchev–Trinajstić information content (AvgIpc) is 2.67. The van der Waals surface area contributed by atoms with Gasteiger partial charge in [-0.1, -0.05) is 19.3 Å². The highest BCUT2D eigenvalue weighted by molar-refractivity contribution is 7.99. The fourth-order valence-corrected chi connectivity index (χ4v) is 5.41. The first kappa shape index (κ1) is 24.3. The van der Waals surface area contributed by atoms with Gasteiger partial charge in [-0.2, -0.15) is 11.8 Å². The second kappa shape index (κ2) is 12.0. The molecule has 1 unspecified atom stereocenters. The lowest BCUT2D eigenvalue weighted by molar-refractivity contribution is -0.125. The molecule has 1 atom stereocenters. The third-order valence-electron chi connectivity index (χ3n) is 6.13. The molecular weight excluding hydrogens is 393 g/mol. The van der Waals surface area contributed by atoms with Crippen molar-refractivity contribution in [1.29, 1.82) is 0 Å². The van der Waals surface area contributed by atoms with E-state index in [0.717, 1.165) is 45.7 Å². The summed E-state index contributed by atoms with van der Waals surface area (Å²) in [6.07, 6.45) is 8.14. The summed E-state index contributed by atoms with van der Waals surface area (Å²) in [6, 6.07) is -0.383. The van der Waals surface area contributed by atoms with Crippen LogP contribution in [0.3, 0.4) is 0 Å². The summed E-state index contributed by atoms with van der Waals surface area (Å²) in [5.74, 6) is 2.75. The molecule has 1 amide bonds. The number of nitrogens with zero attached hydrogens (tertiary/aromatic N) is 1. The minimum atomic E-state index is -0.383. The molecule has 0 radical (unpaired) electrons. The Balaban J connectivity index is 0.00000169. The maximum Gasteiger partial charge on any atom is 0.237 e. The molecule has 3 rings (SSSR count). The van der Waals surface area contributed by atoms with Gasteiger partial charge in [0, 0.05) is 49.9 Å². The zero-order valence-electron chi connectivity index (χ0n) is 15.6. The van der Waals surface area contributed by atoms with Crippen molar-refractivity contribution < 1.29 is 9.53 Å². The predicted molar refractivity (Wildman–Crippen MR) is 114 cm³/mol. The van der Waals surface area contributed by atoms with Crippen LogP contribution < -0.4 is 11.1 Å². The summed E-state index contributed by atoms with van der Waals surface area (Å²) < 4.78 is 5.38. The van der Waals surface area contributed by atoms with Crippen LogP contribution in [0.2, 0.25) is 0 Å². The number of nitrogens with one attached hydrogen (secondary N) is 1. The van der Waals surface area contributed by atoms with Gasteiger partial charge in [0.25, 0.3) is 0 Å². The van der Waals surface area contributed by atoms with Crippen molar-refractivity contribution in [2.45, 2.75) is 56.5 Å². The number of carbonyl (C=O) groups excluding carboxylic acids is 1. The van der Waals surface area contributed by atoms with Crippen molar-refractivity contribution >= 4 is 42.5 Å². The Kier molecular flexibility index (Phi) is 11.2. The van der Waals surface area contributed by atoms with Crippen LogP contribution in [0.4, 0.5) is 0 Å². The van der Waals surface area contributed by atoms with E-state index in [1.54, 1.807) is 0 Å². The first-order chi connectivity index (χ1) is 11.7. The molecule has 3 N–H and O–H groups in total. The normalized spacial score (nSPS) is 25.4. The standard InChI is InChI=1S/C18H33N3O2S.2ClH/c19-16(15-4-10-23-11-5-15)17(22)20-14-18(6-2-1-3-7-18)21-8-12-24-13-9-21;;/h15-16H,1-14,19H2,(H,20,22);2*1H. The summed E-state index contributed by atoms with van der Waals surface area (Å²) >= 11 is 2.05. The molecule has 0 aromatic heterocycles. The van der Waals surface area contributed by atoms with Crippen LogP contribution in [0.15, 0.2) is 0 Å². The Labute approximate surface area is 174 Å². The highest BCUT2D eigenvalue weighted by atomic mass is 35.5. The SMILES string of the molecule is Cl.Cl.NC(C(=O)NCC1(N2CCSCC2)CCCCC1)C1CCOCC1. The molecule has 0 aromatic rings. The topological polar surface area (TPSA) is 67.6 Å². The zero-order valence-corrected chi connectivity index (χ0v) is 18.1. The number of nitrogens with two attached hydrogens (primary N) is 1. The molecule has 2 heterocycles. The van der Waals surface area contributed by atoms with Gasteiger partial charge < -0.3 is 15.8 Å². The van der Waals surface area contributed by atoms with Gasteiger partial charge in [0.1, 0.15) is 0 Å². The van der Waals surface area contributed by atoms with Gasteiger partial charge in [-0.3, -0.25) is 9.69 Å². The summed E-state index contributed by atoms with van der Waals surface area (Å²) in [7, 11) is 0. The van der Waals surface area contributed by atoms with Crippen LogP contribution in [-0.4, -0.2) is 66.7 Å². The molecular formula is C18H35Cl2N3O2S. The van der Waals surface area contributed by atoms with E-state index in [9.17, 15) is 4.79 Å². The van der Waals surface area contributed by atoms with E-state index >= 15 is 0 Å². The lowest BCUT2D eigenvalue weighted by Crippen LogP contribution is -2.60. The van der Waals surface area contributed by atoms with Gasteiger partial charge in [-0.15, -0.1) is 24.8 Å². The largest absolute Gasteiger partial charge is 0.381 e. The monoisotopic (exact) mass is 427 g/mol. The average molecular weight is 428 g/mol. The molecule has 8 heteroatoms. The molecule has 0 bridgehead atoms. The zero-order chi connectivity index (χ0) is 16.8. The molecule has 3 aliphatic rings. The second-order valence-corrected chi connectivity index (χ2v) is 8.80. The van der Waals surface area contributed by atoms with Gasteiger partial charge in [0.2, 0.25) is 5.91 Å². The van der Waals surface area contributed by atoms with Gasteiger partial charge in [0.05, 0.1) is 6.04 Å². The molecule has 3 fully saturated rings. The van der Waals surface area contributed by atoms with Crippen molar-refractivity contribution in [3.8, 4) is 0 Å². The molecule has 5 nitrogen and oxygen atoms in total. The minimum absolute atomic E-state index is 0. The highest BCUT2D eigenvalue weighted by Crippen LogP contribution is 2.35. The summed E-state index contributed by atoms with van der Waals surface area (Å²) in [5.41, 5.74) is 6.42. The maximum atomic E-state index is 12.6. The smallest absolute Gasteiger partial charge is 0.237 e. The lowest BCUT2D eigenvalue weighted by atomic mass is 9.79. The molecule has 2 aliphatic heterocycles. The Morgan fingerprint density at radius 2 is 1.77 bits per heavy atom. The van der Waals surface area contributed by atoms with E-state index in [1.807, 2.05) is 11.8 Å². The van der Waals surface area contributed by atoms with E-state index in [-0.39, 0.29) is 48.2 Å². The van der Waals surface area contributed by atoms with Crippen molar-refractivity contribution in [3.63, 3.8) is 0 Å². The predicted octanol–water partition coefficient (Wildman–Crippen LogP) is 2.45. The fourth-order valence-electron chi connectivity index (χ4n) is 4.51. The highest BCUT2D eigenvalue weighted by Gasteiger charge is 2.39. The van der Waals surface area contributed by atoms with Crippen LogP contribution in [0.1, 0.15) is 44.9 Å². The van der Waals surface area contributed by atoms with Crippen molar-refractivity contribution in [2.75, 3.05) is 44.4 Å². The van der Waals surface area contributed by atoms with Crippen LogP contribution >= 0.6 is 36.6 Å². The minimum Gasteiger partial charge on any atom is -0.381 e. The Bertz CT molecular complexity index is 413. The van der Waals surface area contributed by atoms with E-state index in [4.69, 9.17) is 10.5 Å². The van der Waals surface area contributed by atoms with Gasteiger partial charge in [0.15, 0.2) is 0 Å². The van der Waals surface area contributed by atoms with Crippen LogP contribution in [-0.2, 0) is 9.53 Å². The molecule has 0 spiro atoms. The molecule has 1 saturated carbocycles. The Morgan fingerprint density at radius 3 is 2.38 bits per heavy atom. The quantitative estimate of drug-likeness (QED) is 0.704. The Hall–Kier alpha value is 0.280. The first-order valence-electron chi connectivity index (χ1n) is 9.65. The summed E-state index contributed by atoms with van der Waals surface area (Å²) in [5, 5.41) is 3.23. The fraction of sp³-hybridized carbons (Fsp3) is 0.944. The number of rotatable bonds is 5. The van der Waals surface area contributed by atoms with Crippen LogP contribution in [0.5, 0.6) is 0 Å². The van der Waals surface area contributed by atoms with Gasteiger partial charge in [-0.05, 0) is 31.6 Å². The number of hydrogen-bond acceptors (Lipinski definition) is 5. The number of amides is 1. The molecule has 0 aromatic carbocycles. The molecule has 1 aliphatic carbocycles. The molecule has 26 heavy (non-hydrogen) atoms. The second-order valence-electron chi connectivity index (χ2n) is 7.58.